The zero-order chi connectivity index (χ0) is 96.1. The van der Waals surface area contributed by atoms with E-state index in [0.717, 1.165) is 82.9 Å². The van der Waals surface area contributed by atoms with E-state index in [4.69, 9.17) is 24.4 Å². The summed E-state index contributed by atoms with van der Waals surface area (Å²) in [5.74, 6) is -7.43. The van der Waals surface area contributed by atoms with E-state index in [2.05, 4.69) is 101 Å². The number of aromatic nitrogens is 24. The first-order valence-electron chi connectivity index (χ1n) is 40.3. The van der Waals surface area contributed by atoms with E-state index in [9.17, 15) is 61.5 Å². The second-order valence-electron chi connectivity index (χ2n) is 29.8. The van der Waals surface area contributed by atoms with E-state index in [1.165, 1.54) is 86.7 Å². The highest BCUT2D eigenvalue weighted by Crippen LogP contribution is 2.36. The molecule has 0 aliphatic rings. The van der Waals surface area contributed by atoms with Crippen LogP contribution in [0.3, 0.4) is 0 Å². The molecule has 18 rings (SSSR count). The van der Waals surface area contributed by atoms with Crippen molar-refractivity contribution in [2.75, 3.05) is 21.3 Å². The van der Waals surface area contributed by atoms with Crippen LogP contribution in [0.15, 0.2) is 207 Å². The van der Waals surface area contributed by atoms with Gasteiger partial charge in [0, 0.05) is 98.9 Å². The summed E-state index contributed by atoms with van der Waals surface area (Å²) < 4.78 is 214. The van der Waals surface area contributed by atoms with Gasteiger partial charge in [-0.25, -0.2) is 22.5 Å². The van der Waals surface area contributed by atoms with E-state index in [-0.39, 0.29) is 77.1 Å². The molecule has 2 N–H and O–H groups in total. The summed E-state index contributed by atoms with van der Waals surface area (Å²) in [6.07, 6.45) is -4.00. The van der Waals surface area contributed by atoms with Gasteiger partial charge in [0.25, 0.3) is 0 Å². The van der Waals surface area contributed by atoms with Gasteiger partial charge in [0.2, 0.25) is 11.6 Å². The number of nitrogens with zero attached hydrogens (tertiary/aromatic N) is 24. The van der Waals surface area contributed by atoms with Crippen molar-refractivity contribution in [3.63, 3.8) is 0 Å². The van der Waals surface area contributed by atoms with Crippen LogP contribution in [0, 0.1) is 6.92 Å². The molecule has 0 spiro atoms. The van der Waals surface area contributed by atoms with Crippen molar-refractivity contribution >= 4 is 33.9 Å². The topological polar surface area (TPSA) is 345 Å². The number of ether oxygens (including phenoxy) is 5. The van der Waals surface area contributed by atoms with Crippen molar-refractivity contribution in [1.82, 2.24) is 118 Å². The molecule has 696 valence electrons. The SMILES string of the molecule is CC(F)c1nnc2ccc(-c3ccc(CO)cc3)nn12.CC(F)c1nnc2cnc(-c3ccc(CO)cc3)cn12.COCc1cc(-c2cn3c(C(C)(F)F)nnc3cn2)ccc1OC(F)(F)F.COCc1ccc(-c2ccc3nnc(C(C)F)n3n2)cc1.COCc1ccc(-c2cn3c(C(C)F)nnc3cn2)cc1.Cc1nc(-c2ccc(OC(F)(F)F)cc2)cn2c(C(C)(F)F)nnc12. The summed E-state index contributed by atoms with van der Waals surface area (Å²) in [6, 6.07) is 46.5. The number of methoxy groups -OCH3 is 3. The normalized spacial score (nSPS) is 12.7. The summed E-state index contributed by atoms with van der Waals surface area (Å²) in [6.45, 7) is 9.64. The maximum atomic E-state index is 13.6. The predicted octanol–water partition coefficient (Wildman–Crippen LogP) is 18.6. The molecule has 0 amide bonds. The lowest BCUT2D eigenvalue weighted by Gasteiger charge is -2.14. The predicted molar refractivity (Wildman–Crippen MR) is 457 cm³/mol. The molecule has 4 unspecified atom stereocenters. The van der Waals surface area contributed by atoms with Crippen molar-refractivity contribution < 1.29 is 95.4 Å². The Bertz CT molecular complexity index is 6750. The highest BCUT2D eigenvalue weighted by molar-refractivity contribution is 5.67. The molecule has 31 nitrogen and oxygen atoms in total. The molecule has 0 fully saturated rings. The smallest absolute Gasteiger partial charge is 0.406 e. The molecule has 0 aliphatic carbocycles. The lowest BCUT2D eigenvalue weighted by Crippen LogP contribution is -2.18. The molecule has 18 aromatic rings. The van der Waals surface area contributed by atoms with Crippen molar-refractivity contribution in [2.45, 2.75) is 131 Å². The van der Waals surface area contributed by atoms with Gasteiger partial charge in [-0.05, 0) is 124 Å². The first-order chi connectivity index (χ1) is 63.9. The van der Waals surface area contributed by atoms with Gasteiger partial charge in [0.15, 0.2) is 81.9 Å². The molecule has 12 aromatic heterocycles. The zero-order valence-corrected chi connectivity index (χ0v) is 72.4. The number of aliphatic hydroxyl groups is 2. The van der Waals surface area contributed by atoms with Gasteiger partial charge in [-0.3, -0.25) is 32.6 Å². The summed E-state index contributed by atoms with van der Waals surface area (Å²) >= 11 is 0. The maximum Gasteiger partial charge on any atom is 0.573 e. The molecule has 12 heterocycles. The minimum Gasteiger partial charge on any atom is -0.406 e. The molecule has 0 radical (unpaired) electrons. The van der Waals surface area contributed by atoms with Crippen molar-refractivity contribution in [2.24, 2.45) is 0 Å². The third kappa shape index (κ3) is 23.7. The third-order valence-corrected chi connectivity index (χ3v) is 19.5. The standard InChI is InChI=1S/C16H13F5N4O2.C15H11F5N4O.2C15H15FN4O.2C14H13FN4O/c1-15(17,18)14-24-23-13-6-22-11(7-25(13)14)9-3-4-12(27-16(19,20)21)10(5-9)8-26-2;1-8-12-22-23-13(14(2,16)17)24(12)7-11(21-8)9-3-5-10(6-4-9)25-15(18,19)20;1-10(16)15-19-18-14-7-17-13(8-20(14)15)12-5-3-11(4-6-12)9-21-2;1-10(16)15-18-17-14-8-7-13(19-20(14)15)12-5-3-11(4-6-12)9-21-2;1-9(15)14-18-17-13-6-16-12(7-19(13)14)11-4-2-10(8-20)3-5-11;1-9(15)14-17-16-13-7-6-12(18-19(13)14)11-4-2-10(8-20)3-5-11/h3-7H,8H2,1-2H3;3-7H,1-2H3;2*3-8,10H,9H2,1-2H3;2*2-7,9,20H,8H2,1H3. The lowest BCUT2D eigenvalue weighted by atomic mass is 10.1. The molecule has 0 aliphatic heterocycles. The largest absolute Gasteiger partial charge is 0.573 e. The number of benzene rings is 6. The average Bonchev–Trinajstić information content (AvgIpc) is 1.62. The Kier molecular flexibility index (Phi) is 30.0. The second kappa shape index (κ2) is 41.6. The quantitative estimate of drug-likeness (QED) is 0.0595. The van der Waals surface area contributed by atoms with Crippen LogP contribution in [0.2, 0.25) is 0 Å². The van der Waals surface area contributed by atoms with E-state index in [0.29, 0.717) is 77.9 Å². The van der Waals surface area contributed by atoms with Crippen LogP contribution in [-0.4, -0.2) is 162 Å². The number of alkyl halides is 14. The number of rotatable bonds is 22. The molecule has 134 heavy (non-hydrogen) atoms. The van der Waals surface area contributed by atoms with Gasteiger partial charge in [0.05, 0.1) is 91.5 Å². The van der Waals surface area contributed by atoms with Gasteiger partial charge < -0.3 is 33.9 Å². The number of aliphatic hydroxyl groups excluding tert-OH is 2. The maximum absolute atomic E-state index is 13.6. The minimum atomic E-state index is -4.86. The van der Waals surface area contributed by atoms with Crippen LogP contribution >= 0.6 is 0 Å². The summed E-state index contributed by atoms with van der Waals surface area (Å²) in [5.41, 5.74) is 14.6. The number of halogens is 14. The van der Waals surface area contributed by atoms with Crippen molar-refractivity contribution in [1.29, 1.82) is 0 Å². The van der Waals surface area contributed by atoms with Crippen LogP contribution in [0.4, 0.5) is 61.5 Å². The van der Waals surface area contributed by atoms with Gasteiger partial charge in [0.1, 0.15) is 11.5 Å². The number of aryl methyl sites for hydroxylation is 1. The van der Waals surface area contributed by atoms with Crippen molar-refractivity contribution in [3.05, 3.63) is 276 Å². The van der Waals surface area contributed by atoms with Gasteiger partial charge in [-0.2, -0.15) is 36.8 Å². The highest BCUT2D eigenvalue weighted by atomic mass is 19.4. The molecule has 0 saturated heterocycles. The summed E-state index contributed by atoms with van der Waals surface area (Å²) in [7, 11) is 4.64. The Morgan fingerprint density at radius 3 is 1.10 bits per heavy atom. The van der Waals surface area contributed by atoms with Crippen LogP contribution in [0.1, 0.15) is 135 Å². The molecule has 0 bridgehead atoms. The fourth-order valence-electron chi connectivity index (χ4n) is 13.1. The van der Waals surface area contributed by atoms with Crippen LogP contribution in [0.5, 0.6) is 11.5 Å². The van der Waals surface area contributed by atoms with Crippen LogP contribution in [0.25, 0.3) is 101 Å². The highest BCUT2D eigenvalue weighted by Gasteiger charge is 2.36. The Hall–Kier alpha value is -15.0. The first-order valence-corrected chi connectivity index (χ1v) is 40.3. The average molecular weight is 1860 g/mol. The Morgan fingerprint density at radius 1 is 0.343 bits per heavy atom. The second-order valence-corrected chi connectivity index (χ2v) is 29.8. The third-order valence-electron chi connectivity index (χ3n) is 19.5. The van der Waals surface area contributed by atoms with E-state index >= 15 is 0 Å². The molecule has 45 heteroatoms. The van der Waals surface area contributed by atoms with E-state index in [1.807, 2.05) is 109 Å². The summed E-state index contributed by atoms with van der Waals surface area (Å²) in [4.78, 5) is 17.0. The zero-order valence-electron chi connectivity index (χ0n) is 72.4. The molecule has 6 aromatic carbocycles. The Balaban J connectivity index is 0.000000137. The fourth-order valence-corrected chi connectivity index (χ4v) is 13.1. The van der Waals surface area contributed by atoms with Crippen molar-refractivity contribution in [3.8, 4) is 79.0 Å². The fraction of sp³-hybridized carbons (Fsp3) is 0.258. The van der Waals surface area contributed by atoms with Gasteiger partial charge in [-0.15, -0.1) is 87.5 Å². The Morgan fingerprint density at radius 2 is 0.687 bits per heavy atom. The molecular formula is C89H80F14N24O7. The number of hydrogen-bond donors (Lipinski definition) is 2. The monoisotopic (exact) mass is 1860 g/mol. The van der Waals surface area contributed by atoms with Gasteiger partial charge in [-0.1, -0.05) is 97.1 Å². The number of fused-ring (bicyclic) bond motifs is 6. The Labute approximate surface area is 750 Å². The molecular weight excluding hydrogens is 1780 g/mol. The number of hydrogen-bond acceptors (Lipinski definition) is 25. The molecule has 0 saturated carbocycles. The van der Waals surface area contributed by atoms with E-state index in [1.54, 1.807) is 66.9 Å². The lowest BCUT2D eigenvalue weighted by molar-refractivity contribution is -0.275. The van der Waals surface area contributed by atoms with E-state index < -0.39 is 66.7 Å². The summed E-state index contributed by atoms with van der Waals surface area (Å²) in [5, 5.41) is 72.0. The van der Waals surface area contributed by atoms with Gasteiger partial charge >= 0.3 is 24.6 Å². The van der Waals surface area contributed by atoms with Crippen LogP contribution < -0.4 is 9.47 Å². The minimum absolute atomic E-state index is 0.00168. The van der Waals surface area contributed by atoms with Crippen LogP contribution in [-0.2, 0) is 59.1 Å². The first kappa shape index (κ1) is 96.6. The molecule has 4 atom stereocenters.